The fraction of sp³-hybridized carbons (Fsp3) is 0.632. The molecule has 4 fully saturated rings. The van der Waals surface area contributed by atoms with Crippen molar-refractivity contribution in [2.24, 2.45) is 11.8 Å². The number of anilines is 1. The van der Waals surface area contributed by atoms with E-state index < -0.39 is 0 Å². The molecule has 136 valence electrons. The van der Waals surface area contributed by atoms with Crippen molar-refractivity contribution in [2.45, 2.75) is 63.2 Å². The summed E-state index contributed by atoms with van der Waals surface area (Å²) in [4.78, 5) is 41.7. The van der Waals surface area contributed by atoms with Crippen LogP contribution < -0.4 is 10.2 Å². The molecule has 1 aromatic heterocycles. The van der Waals surface area contributed by atoms with Crippen molar-refractivity contribution in [2.75, 3.05) is 4.90 Å². The maximum absolute atomic E-state index is 13.1. The predicted octanol–water partition coefficient (Wildman–Crippen LogP) is 1.80. The maximum atomic E-state index is 13.1. The van der Waals surface area contributed by atoms with Gasteiger partial charge in [0, 0.05) is 10.9 Å². The quantitative estimate of drug-likeness (QED) is 0.821. The summed E-state index contributed by atoms with van der Waals surface area (Å²) in [6, 6.07) is 0.251. The monoisotopic (exact) mass is 372 g/mol. The van der Waals surface area contributed by atoms with Crippen molar-refractivity contribution in [1.29, 1.82) is 0 Å². The molecule has 4 unspecified atom stereocenters. The Hall–Kier alpha value is -1.73. The summed E-state index contributed by atoms with van der Waals surface area (Å²) in [5.41, 5.74) is 1.64. The SMILES string of the molecule is O=C(NC1CC1)c1c(N2C(=O)C3C4CCC(O4)C3C2=O)sc2c1CCC2. The lowest BCUT2D eigenvalue weighted by molar-refractivity contribution is -0.124. The zero-order chi connectivity index (χ0) is 17.6. The average Bonchev–Trinajstić information content (AvgIpc) is 3.04. The molecule has 1 saturated carbocycles. The van der Waals surface area contributed by atoms with Gasteiger partial charge < -0.3 is 10.1 Å². The lowest BCUT2D eigenvalue weighted by atomic mass is 9.81. The van der Waals surface area contributed by atoms with E-state index in [9.17, 15) is 14.4 Å². The molecule has 26 heavy (non-hydrogen) atoms. The molecule has 3 amide bonds. The Morgan fingerprint density at radius 1 is 1.04 bits per heavy atom. The molecule has 3 aliphatic heterocycles. The topological polar surface area (TPSA) is 75.7 Å². The molecule has 7 heteroatoms. The van der Waals surface area contributed by atoms with Crippen LogP contribution in [0.25, 0.3) is 0 Å². The highest BCUT2D eigenvalue weighted by Gasteiger charge is 2.63. The number of aryl methyl sites for hydroxylation is 1. The summed E-state index contributed by atoms with van der Waals surface area (Å²) in [7, 11) is 0. The van der Waals surface area contributed by atoms with Gasteiger partial charge in [-0.25, -0.2) is 4.90 Å². The molecule has 1 N–H and O–H groups in total. The third-order valence-corrected chi connectivity index (χ3v) is 7.81. The summed E-state index contributed by atoms with van der Waals surface area (Å²) in [5.74, 6) is -1.13. The number of hydrogen-bond acceptors (Lipinski definition) is 5. The first-order valence-electron chi connectivity index (χ1n) is 9.62. The van der Waals surface area contributed by atoms with Crippen LogP contribution in [-0.4, -0.2) is 36.0 Å². The normalized spacial score (nSPS) is 34.5. The van der Waals surface area contributed by atoms with Crippen LogP contribution in [0.2, 0.25) is 0 Å². The molecule has 4 atom stereocenters. The van der Waals surface area contributed by atoms with Gasteiger partial charge in [-0.05, 0) is 50.5 Å². The number of nitrogens with zero attached hydrogens (tertiary/aromatic N) is 1. The van der Waals surface area contributed by atoms with E-state index >= 15 is 0 Å². The Labute approximate surface area is 154 Å². The minimum absolute atomic E-state index is 0.112. The van der Waals surface area contributed by atoms with Gasteiger partial charge in [-0.1, -0.05) is 0 Å². The number of rotatable bonds is 3. The Morgan fingerprint density at radius 2 is 1.73 bits per heavy atom. The molecular formula is C19H20N2O4S. The second-order valence-electron chi connectivity index (χ2n) is 8.14. The number of carbonyl (C=O) groups is 3. The zero-order valence-electron chi connectivity index (χ0n) is 14.3. The number of thiophene rings is 1. The van der Waals surface area contributed by atoms with E-state index in [2.05, 4.69) is 5.32 Å². The van der Waals surface area contributed by atoms with Crippen molar-refractivity contribution in [1.82, 2.24) is 5.32 Å². The molecule has 5 aliphatic rings. The minimum atomic E-state index is -0.350. The van der Waals surface area contributed by atoms with Crippen LogP contribution in [0, 0.1) is 11.8 Å². The van der Waals surface area contributed by atoms with Crippen LogP contribution in [0.5, 0.6) is 0 Å². The average molecular weight is 372 g/mol. The third kappa shape index (κ3) is 1.93. The molecule has 1 aromatic rings. The largest absolute Gasteiger partial charge is 0.373 e. The molecule has 0 radical (unpaired) electrons. The highest BCUT2D eigenvalue weighted by Crippen LogP contribution is 2.52. The van der Waals surface area contributed by atoms with Gasteiger partial charge in [-0.2, -0.15) is 0 Å². The highest BCUT2D eigenvalue weighted by molar-refractivity contribution is 7.17. The van der Waals surface area contributed by atoms with Crippen LogP contribution in [0.4, 0.5) is 5.00 Å². The molecule has 0 spiro atoms. The molecule has 2 bridgehead atoms. The van der Waals surface area contributed by atoms with Gasteiger partial charge in [0.15, 0.2) is 0 Å². The molecular weight excluding hydrogens is 352 g/mol. The Bertz CT molecular complexity index is 830. The summed E-state index contributed by atoms with van der Waals surface area (Å²) in [6.45, 7) is 0. The second kappa shape index (κ2) is 5.16. The van der Waals surface area contributed by atoms with E-state index in [4.69, 9.17) is 4.74 Å². The van der Waals surface area contributed by atoms with Crippen LogP contribution >= 0.6 is 11.3 Å². The number of imide groups is 1. The number of carbonyl (C=O) groups excluding carboxylic acids is 3. The second-order valence-corrected chi connectivity index (χ2v) is 9.22. The molecule has 2 aliphatic carbocycles. The van der Waals surface area contributed by atoms with Crippen molar-refractivity contribution in [3.05, 3.63) is 16.0 Å². The zero-order valence-corrected chi connectivity index (χ0v) is 15.1. The van der Waals surface area contributed by atoms with Gasteiger partial charge in [-0.15, -0.1) is 11.3 Å². The van der Waals surface area contributed by atoms with Crippen molar-refractivity contribution >= 4 is 34.1 Å². The van der Waals surface area contributed by atoms with Gasteiger partial charge >= 0.3 is 0 Å². The summed E-state index contributed by atoms with van der Waals surface area (Å²) in [6.07, 6.45) is 6.32. The van der Waals surface area contributed by atoms with Crippen molar-refractivity contribution < 1.29 is 19.1 Å². The maximum Gasteiger partial charge on any atom is 0.254 e. The number of fused-ring (bicyclic) bond motifs is 6. The van der Waals surface area contributed by atoms with Gasteiger partial charge in [-0.3, -0.25) is 14.4 Å². The molecule has 6 nitrogen and oxygen atoms in total. The van der Waals surface area contributed by atoms with Gasteiger partial charge in [0.1, 0.15) is 5.00 Å². The Morgan fingerprint density at radius 3 is 2.38 bits per heavy atom. The lowest BCUT2D eigenvalue weighted by Crippen LogP contribution is -2.36. The van der Waals surface area contributed by atoms with E-state index in [1.54, 1.807) is 0 Å². The van der Waals surface area contributed by atoms with E-state index in [1.165, 1.54) is 16.2 Å². The van der Waals surface area contributed by atoms with Crippen LogP contribution in [0.1, 0.15) is 52.9 Å². The fourth-order valence-corrected chi connectivity index (χ4v) is 6.58. The first-order chi connectivity index (χ1) is 12.6. The number of ether oxygens (including phenoxy) is 1. The summed E-state index contributed by atoms with van der Waals surface area (Å²) >= 11 is 1.47. The highest BCUT2D eigenvalue weighted by atomic mass is 32.1. The number of hydrogen-bond donors (Lipinski definition) is 1. The first kappa shape index (κ1) is 15.3. The lowest BCUT2D eigenvalue weighted by Gasteiger charge is -2.18. The first-order valence-corrected chi connectivity index (χ1v) is 10.4. The molecule has 4 heterocycles. The predicted molar refractivity (Wildman–Crippen MR) is 94.2 cm³/mol. The van der Waals surface area contributed by atoms with Crippen LogP contribution in [0.15, 0.2) is 0 Å². The molecule has 0 aromatic carbocycles. The van der Waals surface area contributed by atoms with E-state index in [-0.39, 0.29) is 47.8 Å². The summed E-state index contributed by atoms with van der Waals surface area (Å²) < 4.78 is 5.82. The minimum Gasteiger partial charge on any atom is -0.373 e. The van der Waals surface area contributed by atoms with Crippen molar-refractivity contribution in [3.8, 4) is 0 Å². The third-order valence-electron chi connectivity index (χ3n) is 6.53. The van der Waals surface area contributed by atoms with E-state index in [0.717, 1.165) is 55.4 Å². The van der Waals surface area contributed by atoms with Crippen molar-refractivity contribution in [3.63, 3.8) is 0 Å². The van der Waals surface area contributed by atoms with Gasteiger partial charge in [0.2, 0.25) is 11.8 Å². The van der Waals surface area contributed by atoms with Crippen LogP contribution in [0.3, 0.4) is 0 Å². The van der Waals surface area contributed by atoms with E-state index in [0.29, 0.717) is 10.6 Å². The summed E-state index contributed by atoms with van der Waals surface area (Å²) in [5, 5.41) is 3.62. The Balaban J connectivity index is 1.43. The van der Waals surface area contributed by atoms with Crippen LogP contribution in [-0.2, 0) is 27.2 Å². The van der Waals surface area contributed by atoms with E-state index in [1.807, 2.05) is 0 Å². The smallest absolute Gasteiger partial charge is 0.254 e. The van der Waals surface area contributed by atoms with Gasteiger partial charge in [0.25, 0.3) is 5.91 Å². The molecule has 6 rings (SSSR count). The van der Waals surface area contributed by atoms with Gasteiger partial charge in [0.05, 0.1) is 29.6 Å². The standard InChI is InChI=1S/C19H20N2O4S/c22-16(20-8-4-5-8)13-9-2-1-3-12(9)26-19(13)21-17(23)14-10-6-7-11(25-10)15(14)18(21)24/h8,10-11,14-15H,1-7H2,(H,20,22). The molecule has 3 saturated heterocycles. The fourth-order valence-electron chi connectivity index (χ4n) is 5.18. The number of amides is 3. The Kier molecular flexibility index (Phi) is 3.05. The number of nitrogens with one attached hydrogen (secondary N) is 1.